The lowest BCUT2D eigenvalue weighted by Crippen LogP contribution is -2.69. The van der Waals surface area contributed by atoms with Gasteiger partial charge in [-0.2, -0.15) is 0 Å². The molecular weight excluding hydrogens is 686 g/mol. The van der Waals surface area contributed by atoms with Crippen LogP contribution in [0.15, 0.2) is 47.7 Å². The summed E-state index contributed by atoms with van der Waals surface area (Å²) in [6.45, 7) is 12.6. The Morgan fingerprint density at radius 2 is 1.81 bits per heavy atom. The summed E-state index contributed by atoms with van der Waals surface area (Å²) in [6.07, 6.45) is 14.7. The molecule has 2 amide bonds. The van der Waals surface area contributed by atoms with E-state index in [2.05, 4.69) is 18.0 Å². The Kier molecular flexibility index (Phi) is 14.7. The topological polar surface area (TPSA) is 139 Å². The number of rotatable bonds is 18. The number of oxime groups is 1. The molecule has 4 aliphatic rings. The fourth-order valence-corrected chi connectivity index (χ4v) is 9.25. The van der Waals surface area contributed by atoms with Crippen LogP contribution in [-0.2, 0) is 14.4 Å². The van der Waals surface area contributed by atoms with Crippen molar-refractivity contribution in [1.82, 2.24) is 10.2 Å². The fraction of sp³-hybridized carbons (Fsp3) is 0.698. The number of aliphatic hydroxyl groups excluding tert-OH is 2. The number of hydrogen-bond acceptors (Lipinski definition) is 9. The number of benzene rings is 1. The van der Waals surface area contributed by atoms with E-state index in [1.54, 1.807) is 12.1 Å². The van der Waals surface area contributed by atoms with Crippen LogP contribution in [0, 0.1) is 23.7 Å². The molecule has 3 aliphatic carbocycles. The van der Waals surface area contributed by atoms with Crippen molar-refractivity contribution in [2.24, 2.45) is 28.8 Å². The minimum Gasteiger partial charge on any atom is -0.459 e. The van der Waals surface area contributed by atoms with Gasteiger partial charge in [-0.3, -0.25) is 4.79 Å². The molecule has 11 nitrogen and oxygen atoms in total. The third-order valence-electron chi connectivity index (χ3n) is 11.7. The van der Waals surface area contributed by atoms with Gasteiger partial charge < -0.3 is 39.5 Å². The van der Waals surface area contributed by atoms with Gasteiger partial charge in [-0.15, -0.1) is 6.58 Å². The van der Waals surface area contributed by atoms with Gasteiger partial charge in [-0.05, 0) is 101 Å². The van der Waals surface area contributed by atoms with Crippen LogP contribution in [-0.4, -0.2) is 83.7 Å². The summed E-state index contributed by atoms with van der Waals surface area (Å²) in [5.41, 5.74) is 2.09. The monoisotopic (exact) mass is 751 g/mol. The molecule has 1 aromatic carbocycles. The molecule has 300 valence electrons. The SMILES string of the molecule is C=CCO[C@@]12Oc3ccc(OC(=O)NCC)cc3[C@H]3[C@H](CCCCO)[C@@H](CCCCO)C=C(C(=NOC(C)(C)C)C[C@@H]1N(C)C(=O)CCC1CCCC1)[C@H]32. The Morgan fingerprint density at radius 1 is 1.09 bits per heavy atom. The number of aliphatic hydroxyl groups is 2. The molecule has 1 aliphatic heterocycles. The van der Waals surface area contributed by atoms with Crippen molar-refractivity contribution in [3.05, 3.63) is 48.1 Å². The number of carbonyl (C=O) groups excluding carboxylic acids is 2. The minimum atomic E-state index is -1.30. The van der Waals surface area contributed by atoms with E-state index in [0.29, 0.717) is 49.6 Å². The van der Waals surface area contributed by atoms with Gasteiger partial charge in [-0.1, -0.05) is 55.8 Å². The molecule has 0 aromatic heterocycles. The largest absolute Gasteiger partial charge is 0.459 e. The zero-order chi connectivity index (χ0) is 38.9. The normalized spacial score (nSPS) is 27.0. The predicted octanol–water partition coefficient (Wildman–Crippen LogP) is 7.66. The molecule has 11 heteroatoms. The summed E-state index contributed by atoms with van der Waals surface area (Å²) in [7, 11) is 1.87. The molecule has 6 atom stereocenters. The average molecular weight is 752 g/mol. The highest BCUT2D eigenvalue weighted by Crippen LogP contribution is 2.62. The number of carbonyl (C=O) groups is 2. The molecule has 0 radical (unpaired) electrons. The van der Waals surface area contributed by atoms with Crippen molar-refractivity contribution in [2.75, 3.05) is 33.4 Å². The smallest absolute Gasteiger partial charge is 0.412 e. The zero-order valence-corrected chi connectivity index (χ0v) is 33.3. The summed E-state index contributed by atoms with van der Waals surface area (Å²) in [5, 5.41) is 27.2. The van der Waals surface area contributed by atoms with Crippen molar-refractivity contribution in [1.29, 1.82) is 0 Å². The van der Waals surface area contributed by atoms with Gasteiger partial charge in [0.25, 0.3) is 0 Å². The Morgan fingerprint density at radius 3 is 2.48 bits per heavy atom. The van der Waals surface area contributed by atoms with E-state index in [0.717, 1.165) is 49.0 Å². The zero-order valence-electron chi connectivity index (χ0n) is 33.3. The van der Waals surface area contributed by atoms with Gasteiger partial charge in [-0.25, -0.2) is 4.79 Å². The number of nitrogens with zero attached hydrogens (tertiary/aromatic N) is 2. The fourth-order valence-electron chi connectivity index (χ4n) is 9.25. The van der Waals surface area contributed by atoms with E-state index in [-0.39, 0.29) is 43.5 Å². The molecule has 0 saturated heterocycles. The third kappa shape index (κ3) is 9.69. The van der Waals surface area contributed by atoms with Gasteiger partial charge in [0.1, 0.15) is 23.1 Å². The van der Waals surface area contributed by atoms with Crippen molar-refractivity contribution >= 4 is 17.7 Å². The molecule has 0 spiro atoms. The number of hydrogen-bond donors (Lipinski definition) is 3. The summed E-state index contributed by atoms with van der Waals surface area (Å²) in [5.74, 6) is -0.0899. The first kappa shape index (κ1) is 41.7. The standard InChI is InChI=1S/C43H65N3O8/c1-7-25-51-43-37(46(6)38(49)22-19-29-15-9-10-16-29)28-35(45-54-42(3,4)5)33-26-30(17-11-13-23-47)32(18-12-14-24-48)39(40(33)43)34-27-31(20-21-36(34)53-43)52-41(50)44-8-2/h7,20-21,26-27,29-30,32,37,39-40,47-48H,1,8-19,22-25,28H2,2-6H3,(H,44,50)/t30-,32+,37-,39+,40+,43+/m0/s1. The summed E-state index contributed by atoms with van der Waals surface area (Å²) in [6, 6.07) is 4.96. The van der Waals surface area contributed by atoms with Crippen LogP contribution in [0.5, 0.6) is 11.5 Å². The van der Waals surface area contributed by atoms with Crippen LogP contribution in [0.2, 0.25) is 0 Å². The number of likely N-dealkylation sites (N-methyl/N-ethyl adjacent to an activating group) is 1. The number of allylic oxidation sites excluding steroid dienone is 1. The van der Waals surface area contributed by atoms with Crippen LogP contribution in [0.3, 0.4) is 0 Å². The third-order valence-corrected chi connectivity index (χ3v) is 11.7. The molecule has 0 unspecified atom stereocenters. The van der Waals surface area contributed by atoms with Crippen LogP contribution in [0.1, 0.15) is 123 Å². The predicted molar refractivity (Wildman–Crippen MR) is 209 cm³/mol. The van der Waals surface area contributed by atoms with Crippen molar-refractivity contribution < 1.29 is 38.9 Å². The number of nitrogens with one attached hydrogen (secondary N) is 1. The Hall–Kier alpha value is -3.41. The van der Waals surface area contributed by atoms with Crippen molar-refractivity contribution in [2.45, 2.75) is 135 Å². The Bertz CT molecular complexity index is 1500. The van der Waals surface area contributed by atoms with Gasteiger partial charge in [0.2, 0.25) is 11.7 Å². The highest BCUT2D eigenvalue weighted by atomic mass is 16.7. The van der Waals surface area contributed by atoms with Gasteiger partial charge in [0.15, 0.2) is 0 Å². The van der Waals surface area contributed by atoms with E-state index in [1.165, 1.54) is 25.7 Å². The highest BCUT2D eigenvalue weighted by molar-refractivity contribution is 6.03. The second kappa shape index (κ2) is 19.0. The molecule has 54 heavy (non-hydrogen) atoms. The molecule has 1 aromatic rings. The van der Waals surface area contributed by atoms with E-state index in [1.807, 2.05) is 51.8 Å². The molecule has 2 fully saturated rings. The number of amides is 2. The Labute approximate surface area is 322 Å². The maximum atomic E-state index is 14.3. The molecule has 2 saturated carbocycles. The van der Waals surface area contributed by atoms with Crippen LogP contribution in [0.4, 0.5) is 4.79 Å². The molecule has 3 N–H and O–H groups in total. The average Bonchev–Trinajstić information content (AvgIpc) is 3.67. The molecule has 1 heterocycles. The van der Waals surface area contributed by atoms with Crippen molar-refractivity contribution in [3.63, 3.8) is 0 Å². The van der Waals surface area contributed by atoms with E-state index in [4.69, 9.17) is 24.2 Å². The molecule has 5 rings (SSSR count). The molecular formula is C43H65N3O8. The number of unbranched alkanes of at least 4 members (excludes halogenated alkanes) is 2. The summed E-state index contributed by atoms with van der Waals surface area (Å²) >= 11 is 0. The van der Waals surface area contributed by atoms with Gasteiger partial charge in [0.05, 0.1) is 18.2 Å². The van der Waals surface area contributed by atoms with Crippen LogP contribution < -0.4 is 14.8 Å². The first-order chi connectivity index (χ1) is 26.0. The highest BCUT2D eigenvalue weighted by Gasteiger charge is 2.65. The lowest BCUT2D eigenvalue weighted by Gasteiger charge is -2.59. The van der Waals surface area contributed by atoms with E-state index >= 15 is 0 Å². The summed E-state index contributed by atoms with van der Waals surface area (Å²) in [4.78, 5) is 34.9. The van der Waals surface area contributed by atoms with Crippen molar-refractivity contribution in [3.8, 4) is 11.5 Å². The quantitative estimate of drug-likeness (QED) is 0.0790. The van der Waals surface area contributed by atoms with Crippen LogP contribution >= 0.6 is 0 Å². The van der Waals surface area contributed by atoms with Crippen LogP contribution in [0.25, 0.3) is 0 Å². The lowest BCUT2D eigenvalue weighted by molar-refractivity contribution is -0.255. The molecule has 0 bridgehead atoms. The minimum absolute atomic E-state index is 0.0471. The van der Waals surface area contributed by atoms with E-state index in [9.17, 15) is 19.8 Å². The summed E-state index contributed by atoms with van der Waals surface area (Å²) < 4.78 is 19.9. The first-order valence-corrected chi connectivity index (χ1v) is 20.4. The number of ether oxygens (including phenoxy) is 3. The Balaban J connectivity index is 1.71. The van der Waals surface area contributed by atoms with Gasteiger partial charge in [0, 0.05) is 51.1 Å². The maximum Gasteiger partial charge on any atom is 0.412 e. The number of fused-ring (bicyclic) bond motifs is 2. The van der Waals surface area contributed by atoms with E-state index < -0.39 is 29.4 Å². The second-order valence-corrected chi connectivity index (χ2v) is 16.6. The lowest BCUT2D eigenvalue weighted by atomic mass is 9.55. The second-order valence-electron chi connectivity index (χ2n) is 16.6. The maximum absolute atomic E-state index is 14.3. The van der Waals surface area contributed by atoms with Gasteiger partial charge >= 0.3 is 6.09 Å². The first-order valence-electron chi connectivity index (χ1n) is 20.4.